The van der Waals surface area contributed by atoms with E-state index in [1.165, 1.54) is 5.69 Å². The van der Waals surface area contributed by atoms with Gasteiger partial charge >= 0.3 is 12.0 Å². The van der Waals surface area contributed by atoms with Crippen LogP contribution >= 0.6 is 11.3 Å². The lowest BCUT2D eigenvalue weighted by Crippen LogP contribution is -2.48. The topological polar surface area (TPSA) is 32.8 Å². The number of rotatable bonds is 6. The Kier molecular flexibility index (Phi) is 6.26. The van der Waals surface area contributed by atoms with E-state index in [9.17, 15) is 18.0 Å². The molecular weight excluding hydrogens is 317 g/mol. The fraction of sp³-hybridized carbons (Fsp3) is 0.500. The number of hydrogen-bond donors (Lipinski definition) is 0. The molecule has 0 N–H and O–H groups in total. The summed E-state index contributed by atoms with van der Waals surface area (Å²) >= 11 is 1.64. The Morgan fingerprint density at radius 3 is 2.55 bits per heavy atom. The highest BCUT2D eigenvalue weighted by molar-refractivity contribution is 7.08. The summed E-state index contributed by atoms with van der Waals surface area (Å²) in [6, 6.07) is 2.06. The van der Waals surface area contributed by atoms with Gasteiger partial charge in [0.1, 0.15) is 0 Å². The maximum absolute atomic E-state index is 12.5. The van der Waals surface area contributed by atoms with E-state index in [0.717, 1.165) is 26.2 Å². The van der Waals surface area contributed by atoms with Crippen LogP contribution in [0.25, 0.3) is 0 Å². The monoisotopic (exact) mass is 334 g/mol. The first-order chi connectivity index (χ1) is 10.6. The fourth-order valence-electron chi connectivity index (χ4n) is 2.18. The summed E-state index contributed by atoms with van der Waals surface area (Å²) in [4.78, 5) is 15.7. The largest absolute Gasteiger partial charge is 0.464 e. The second-order valence-electron chi connectivity index (χ2n) is 4.88. The van der Waals surface area contributed by atoms with Gasteiger partial charge in [0.25, 0.3) is 0 Å². The van der Waals surface area contributed by atoms with Crippen molar-refractivity contribution in [2.75, 3.05) is 44.2 Å². The van der Waals surface area contributed by atoms with E-state index in [0.29, 0.717) is 0 Å². The average molecular weight is 334 g/mol. The fourth-order valence-corrected chi connectivity index (χ4v) is 2.84. The number of thiophene rings is 1. The molecule has 0 amide bonds. The minimum Gasteiger partial charge on any atom is -0.464 e. The molecule has 0 unspecified atom stereocenters. The number of halogens is 3. The van der Waals surface area contributed by atoms with Crippen LogP contribution in [0.1, 0.15) is 6.42 Å². The lowest BCUT2D eigenvalue weighted by Gasteiger charge is -2.34. The Morgan fingerprint density at radius 1 is 1.23 bits per heavy atom. The van der Waals surface area contributed by atoms with E-state index in [-0.39, 0.29) is 13.2 Å². The van der Waals surface area contributed by atoms with Gasteiger partial charge in [-0.3, -0.25) is 9.69 Å². The maximum Gasteiger partial charge on any atom is 0.320 e. The summed E-state index contributed by atoms with van der Waals surface area (Å²) in [5, 5.41) is 4.10. The van der Waals surface area contributed by atoms with E-state index in [1.54, 1.807) is 11.3 Å². The molecule has 1 aliphatic heterocycles. The summed E-state index contributed by atoms with van der Waals surface area (Å²) in [7, 11) is 0. The Morgan fingerprint density at radius 2 is 1.95 bits per heavy atom. The molecule has 0 bridgehead atoms. The lowest BCUT2D eigenvalue weighted by molar-refractivity contribution is -0.145. The first-order valence-electron chi connectivity index (χ1n) is 6.91. The number of hydrogen-bond acceptors (Lipinski definition) is 5. The molecule has 1 fully saturated rings. The average Bonchev–Trinajstić information content (AvgIpc) is 3.02. The molecule has 1 aromatic rings. The molecule has 8 heteroatoms. The Hall–Kier alpha value is -1.54. The van der Waals surface area contributed by atoms with E-state index >= 15 is 0 Å². The van der Waals surface area contributed by atoms with Gasteiger partial charge in [-0.25, -0.2) is 4.39 Å². The highest BCUT2D eigenvalue weighted by atomic mass is 32.1. The van der Waals surface area contributed by atoms with Crippen LogP contribution in [0.4, 0.5) is 18.9 Å². The van der Waals surface area contributed by atoms with Gasteiger partial charge in [0.15, 0.2) is 5.83 Å². The van der Waals surface area contributed by atoms with E-state index < -0.39 is 24.3 Å². The summed E-state index contributed by atoms with van der Waals surface area (Å²) in [5.74, 6) is -2.05. The number of piperazine rings is 1. The highest BCUT2D eigenvalue weighted by Gasteiger charge is 2.20. The minimum atomic E-state index is -2.36. The van der Waals surface area contributed by atoms with Gasteiger partial charge in [-0.2, -0.15) is 20.1 Å². The zero-order chi connectivity index (χ0) is 15.9. The van der Waals surface area contributed by atoms with Crippen molar-refractivity contribution < 1.29 is 22.7 Å². The molecule has 1 aliphatic rings. The summed E-state index contributed by atoms with van der Waals surface area (Å²) in [6.07, 6.45) is -2.94. The van der Waals surface area contributed by atoms with Crippen LogP contribution in [-0.4, -0.2) is 50.2 Å². The molecule has 1 aromatic heterocycles. The molecule has 2 rings (SSSR count). The molecule has 122 valence electrons. The summed E-state index contributed by atoms with van der Waals surface area (Å²) in [5.41, 5.74) is 1.18. The zero-order valence-corrected chi connectivity index (χ0v) is 12.8. The van der Waals surface area contributed by atoms with Crippen molar-refractivity contribution in [2.24, 2.45) is 0 Å². The number of ether oxygens (including phenoxy) is 1. The van der Waals surface area contributed by atoms with Gasteiger partial charge in [-0.15, -0.1) is 0 Å². The van der Waals surface area contributed by atoms with Crippen molar-refractivity contribution in [3.63, 3.8) is 0 Å². The Bertz CT molecular complexity index is 510. The van der Waals surface area contributed by atoms with Crippen molar-refractivity contribution in [3.8, 4) is 0 Å². The van der Waals surface area contributed by atoms with Gasteiger partial charge in [0.05, 0.1) is 13.2 Å². The third-order valence-corrected chi connectivity index (χ3v) is 4.06. The van der Waals surface area contributed by atoms with Crippen molar-refractivity contribution in [1.29, 1.82) is 0 Å². The Balaban J connectivity index is 1.65. The number of nitrogens with zero attached hydrogens (tertiary/aromatic N) is 2. The van der Waals surface area contributed by atoms with Crippen LogP contribution in [0, 0.1) is 0 Å². The number of carbonyl (C=O) groups excluding carboxylic acids is 1. The second-order valence-corrected chi connectivity index (χ2v) is 5.66. The van der Waals surface area contributed by atoms with Crippen molar-refractivity contribution in [2.45, 2.75) is 6.42 Å². The summed E-state index contributed by atoms with van der Waals surface area (Å²) in [6.45, 7) is 2.80. The van der Waals surface area contributed by atoms with Crippen molar-refractivity contribution in [3.05, 3.63) is 28.7 Å². The van der Waals surface area contributed by atoms with Gasteiger partial charge in [0, 0.05) is 43.7 Å². The van der Waals surface area contributed by atoms with Crippen LogP contribution in [0.5, 0.6) is 0 Å². The Labute approximate surface area is 130 Å². The molecule has 1 saturated heterocycles. The third-order valence-electron chi connectivity index (χ3n) is 3.39. The number of esters is 1. The molecule has 4 nitrogen and oxygen atoms in total. The third kappa shape index (κ3) is 5.03. The highest BCUT2D eigenvalue weighted by Crippen LogP contribution is 2.19. The zero-order valence-electron chi connectivity index (χ0n) is 11.9. The van der Waals surface area contributed by atoms with Crippen molar-refractivity contribution in [1.82, 2.24) is 4.90 Å². The van der Waals surface area contributed by atoms with E-state index in [4.69, 9.17) is 4.74 Å². The molecule has 0 atom stereocenters. The van der Waals surface area contributed by atoms with Gasteiger partial charge in [-0.05, 0) is 11.4 Å². The van der Waals surface area contributed by atoms with Gasteiger partial charge < -0.3 is 9.64 Å². The molecule has 0 aromatic carbocycles. The van der Waals surface area contributed by atoms with Crippen molar-refractivity contribution >= 4 is 23.0 Å². The summed E-state index contributed by atoms with van der Waals surface area (Å²) < 4.78 is 41.0. The van der Waals surface area contributed by atoms with E-state index in [1.807, 2.05) is 10.3 Å². The molecule has 22 heavy (non-hydrogen) atoms. The van der Waals surface area contributed by atoms with Gasteiger partial charge in [0.2, 0.25) is 0 Å². The maximum atomic E-state index is 12.5. The van der Waals surface area contributed by atoms with Crippen LogP contribution in [0.2, 0.25) is 0 Å². The normalized spacial score (nSPS) is 15.7. The van der Waals surface area contributed by atoms with Crippen LogP contribution in [0.15, 0.2) is 28.7 Å². The molecule has 0 aliphatic carbocycles. The second kappa shape index (κ2) is 8.19. The van der Waals surface area contributed by atoms with Crippen LogP contribution < -0.4 is 4.90 Å². The molecule has 2 heterocycles. The van der Waals surface area contributed by atoms with E-state index in [2.05, 4.69) is 16.3 Å². The molecule has 0 saturated carbocycles. The SMILES string of the molecule is O=C(CN1CCN(c2ccsc2)CC1)OCCC(F)=C(F)F. The molecule has 0 spiro atoms. The quantitative estimate of drug-likeness (QED) is 0.749. The first kappa shape index (κ1) is 16.8. The molecular formula is C14H17F3N2O2S. The first-order valence-corrected chi connectivity index (χ1v) is 7.85. The minimum absolute atomic E-state index is 0.0981. The smallest absolute Gasteiger partial charge is 0.320 e. The van der Waals surface area contributed by atoms with Crippen LogP contribution in [-0.2, 0) is 9.53 Å². The predicted molar refractivity (Wildman–Crippen MR) is 78.9 cm³/mol. The van der Waals surface area contributed by atoms with Crippen LogP contribution in [0.3, 0.4) is 0 Å². The standard InChI is InChI=1S/C14H17F3N2O2S/c15-12(14(16)17)1-7-21-13(20)9-18-3-5-19(6-4-18)11-2-8-22-10-11/h2,8,10H,1,3-7,9H2. The number of anilines is 1. The number of carbonyl (C=O) groups is 1. The van der Waals surface area contributed by atoms with Gasteiger partial charge in [-0.1, -0.05) is 0 Å². The molecule has 0 radical (unpaired) electrons. The lowest BCUT2D eigenvalue weighted by atomic mass is 10.3. The predicted octanol–water partition coefficient (Wildman–Crippen LogP) is 2.88.